The second-order valence-corrected chi connectivity index (χ2v) is 7.04. The topological polar surface area (TPSA) is 51.6 Å². The predicted octanol–water partition coefficient (Wildman–Crippen LogP) is 3.63. The van der Waals surface area contributed by atoms with Crippen molar-refractivity contribution in [3.63, 3.8) is 0 Å². The monoisotopic (exact) mass is 298 g/mol. The highest BCUT2D eigenvalue weighted by molar-refractivity contribution is 8.01. The zero-order chi connectivity index (χ0) is 12.7. The molecule has 1 aliphatic carbocycles. The number of rotatable bonds is 3. The maximum atomic E-state index is 6.17. The molecule has 0 aromatic carbocycles. The molecular formula is C11H11ClN4S2. The van der Waals surface area contributed by atoms with Crippen LogP contribution in [0.4, 0.5) is 0 Å². The first-order valence-corrected chi connectivity index (χ1v) is 7.66. The molecule has 0 saturated heterocycles. The standard InChI is InChI=1S/C11H11ClN4S2/c1-5-8(12)13-9(7-3-4-7)14-10(5)18-11-16-15-6(2)17-11/h7H,3-4H2,1-2H3. The van der Waals surface area contributed by atoms with E-state index in [9.17, 15) is 0 Å². The Kier molecular flexibility index (Phi) is 3.25. The van der Waals surface area contributed by atoms with Gasteiger partial charge >= 0.3 is 0 Å². The fraction of sp³-hybridized carbons (Fsp3) is 0.455. The van der Waals surface area contributed by atoms with Crippen molar-refractivity contribution in [3.05, 3.63) is 21.5 Å². The van der Waals surface area contributed by atoms with Gasteiger partial charge in [0.25, 0.3) is 0 Å². The summed E-state index contributed by atoms with van der Waals surface area (Å²) in [4.78, 5) is 8.96. The lowest BCUT2D eigenvalue weighted by atomic mass is 10.3. The SMILES string of the molecule is Cc1nnc(Sc2nc(C3CC3)nc(Cl)c2C)s1. The average molecular weight is 299 g/mol. The van der Waals surface area contributed by atoms with Crippen LogP contribution in [-0.2, 0) is 0 Å². The Morgan fingerprint density at radius 1 is 1.22 bits per heavy atom. The molecule has 0 unspecified atom stereocenters. The third kappa shape index (κ3) is 2.50. The van der Waals surface area contributed by atoms with E-state index < -0.39 is 0 Å². The molecule has 1 saturated carbocycles. The van der Waals surface area contributed by atoms with Crippen LogP contribution in [0.5, 0.6) is 0 Å². The van der Waals surface area contributed by atoms with Gasteiger partial charge in [0.2, 0.25) is 0 Å². The molecular weight excluding hydrogens is 288 g/mol. The molecule has 2 aromatic heterocycles. The van der Waals surface area contributed by atoms with Crippen molar-refractivity contribution in [2.75, 3.05) is 0 Å². The summed E-state index contributed by atoms with van der Waals surface area (Å²) in [6.45, 7) is 3.88. The van der Waals surface area contributed by atoms with Gasteiger partial charge in [-0.1, -0.05) is 22.9 Å². The number of nitrogens with zero attached hydrogens (tertiary/aromatic N) is 4. The van der Waals surface area contributed by atoms with Crippen LogP contribution in [0.25, 0.3) is 0 Å². The maximum Gasteiger partial charge on any atom is 0.180 e. The highest BCUT2D eigenvalue weighted by Crippen LogP contribution is 2.41. The van der Waals surface area contributed by atoms with Gasteiger partial charge in [0.1, 0.15) is 21.0 Å². The summed E-state index contributed by atoms with van der Waals surface area (Å²) in [5, 5.41) is 10.5. The van der Waals surface area contributed by atoms with Gasteiger partial charge in [-0.3, -0.25) is 0 Å². The molecule has 0 spiro atoms. The van der Waals surface area contributed by atoms with Crippen LogP contribution in [0.2, 0.25) is 5.15 Å². The van der Waals surface area contributed by atoms with E-state index in [1.807, 2.05) is 13.8 Å². The molecule has 0 bridgehead atoms. The molecule has 1 aliphatic rings. The number of hydrogen-bond donors (Lipinski definition) is 0. The van der Waals surface area contributed by atoms with E-state index in [0.29, 0.717) is 11.1 Å². The Balaban J connectivity index is 1.94. The minimum absolute atomic E-state index is 0.499. The van der Waals surface area contributed by atoms with E-state index in [1.165, 1.54) is 24.6 Å². The lowest BCUT2D eigenvalue weighted by Crippen LogP contribution is -1.98. The highest BCUT2D eigenvalue weighted by Gasteiger charge is 2.28. The zero-order valence-corrected chi connectivity index (χ0v) is 12.4. The van der Waals surface area contributed by atoms with Crippen LogP contribution in [0.15, 0.2) is 9.37 Å². The molecule has 4 nitrogen and oxygen atoms in total. The Morgan fingerprint density at radius 3 is 2.61 bits per heavy atom. The molecule has 0 N–H and O–H groups in total. The predicted molar refractivity (Wildman–Crippen MR) is 72.5 cm³/mol. The molecule has 1 fully saturated rings. The van der Waals surface area contributed by atoms with Gasteiger partial charge < -0.3 is 0 Å². The van der Waals surface area contributed by atoms with E-state index in [0.717, 1.165) is 25.8 Å². The van der Waals surface area contributed by atoms with Gasteiger partial charge in [-0.15, -0.1) is 10.2 Å². The summed E-state index contributed by atoms with van der Waals surface area (Å²) in [6, 6.07) is 0. The first kappa shape index (κ1) is 12.3. The van der Waals surface area contributed by atoms with E-state index in [4.69, 9.17) is 11.6 Å². The molecule has 0 radical (unpaired) electrons. The van der Waals surface area contributed by atoms with E-state index >= 15 is 0 Å². The Bertz CT molecular complexity index is 595. The first-order chi connectivity index (χ1) is 8.63. The Hall–Kier alpha value is -0.720. The fourth-order valence-electron chi connectivity index (χ4n) is 1.51. The second kappa shape index (κ2) is 4.75. The van der Waals surface area contributed by atoms with Gasteiger partial charge in [0.05, 0.1) is 0 Å². The van der Waals surface area contributed by atoms with Crippen molar-refractivity contribution in [1.29, 1.82) is 0 Å². The summed E-state index contributed by atoms with van der Waals surface area (Å²) in [5.41, 5.74) is 0.916. The van der Waals surface area contributed by atoms with Crippen molar-refractivity contribution in [2.45, 2.75) is 42.0 Å². The molecule has 0 atom stereocenters. The lowest BCUT2D eigenvalue weighted by molar-refractivity contribution is 0.860. The normalized spacial score (nSPS) is 15.1. The lowest BCUT2D eigenvalue weighted by Gasteiger charge is -2.06. The van der Waals surface area contributed by atoms with E-state index in [1.54, 1.807) is 11.3 Å². The van der Waals surface area contributed by atoms with Gasteiger partial charge in [0, 0.05) is 11.5 Å². The summed E-state index contributed by atoms with van der Waals surface area (Å²) >= 11 is 9.25. The van der Waals surface area contributed by atoms with Crippen molar-refractivity contribution in [3.8, 4) is 0 Å². The smallest absolute Gasteiger partial charge is 0.180 e. The maximum absolute atomic E-state index is 6.17. The number of aromatic nitrogens is 4. The van der Waals surface area contributed by atoms with Crippen LogP contribution in [0, 0.1) is 13.8 Å². The summed E-state index contributed by atoms with van der Waals surface area (Å²) in [7, 11) is 0. The van der Waals surface area contributed by atoms with Crippen LogP contribution in [0.3, 0.4) is 0 Å². The van der Waals surface area contributed by atoms with Gasteiger partial charge in [-0.05, 0) is 38.5 Å². The third-order valence-electron chi connectivity index (χ3n) is 2.69. The van der Waals surface area contributed by atoms with Gasteiger partial charge in [0.15, 0.2) is 4.34 Å². The largest absolute Gasteiger partial charge is 0.225 e. The summed E-state index contributed by atoms with van der Waals surface area (Å²) in [5.74, 6) is 1.37. The quantitative estimate of drug-likeness (QED) is 0.810. The van der Waals surface area contributed by atoms with Crippen molar-refractivity contribution in [1.82, 2.24) is 20.2 Å². The second-order valence-electron chi connectivity index (χ2n) is 4.27. The van der Waals surface area contributed by atoms with Crippen LogP contribution < -0.4 is 0 Å². The van der Waals surface area contributed by atoms with Crippen LogP contribution >= 0.6 is 34.7 Å². The molecule has 3 rings (SSSR count). The molecule has 18 heavy (non-hydrogen) atoms. The Labute approximate surface area is 118 Å². The van der Waals surface area contributed by atoms with E-state index in [2.05, 4.69) is 20.2 Å². The number of hydrogen-bond acceptors (Lipinski definition) is 6. The van der Waals surface area contributed by atoms with Gasteiger partial charge in [-0.2, -0.15) is 0 Å². The average Bonchev–Trinajstić information content (AvgIpc) is 3.10. The molecule has 0 aliphatic heterocycles. The van der Waals surface area contributed by atoms with Crippen molar-refractivity contribution >= 4 is 34.7 Å². The third-order valence-corrected chi connectivity index (χ3v) is 5.04. The molecule has 2 aromatic rings. The molecule has 0 amide bonds. The minimum Gasteiger partial charge on any atom is -0.225 e. The molecule has 94 valence electrons. The summed E-state index contributed by atoms with van der Waals surface area (Å²) in [6.07, 6.45) is 2.34. The zero-order valence-electron chi connectivity index (χ0n) is 9.97. The van der Waals surface area contributed by atoms with E-state index in [-0.39, 0.29) is 0 Å². The first-order valence-electron chi connectivity index (χ1n) is 5.65. The number of aryl methyl sites for hydroxylation is 1. The molecule has 2 heterocycles. The number of halogens is 1. The summed E-state index contributed by atoms with van der Waals surface area (Å²) < 4.78 is 0.895. The Morgan fingerprint density at radius 2 is 2.00 bits per heavy atom. The highest BCUT2D eigenvalue weighted by atomic mass is 35.5. The minimum atomic E-state index is 0.499. The van der Waals surface area contributed by atoms with Crippen LogP contribution in [0.1, 0.15) is 35.2 Å². The molecule has 7 heteroatoms. The van der Waals surface area contributed by atoms with Crippen molar-refractivity contribution in [2.24, 2.45) is 0 Å². The fourth-order valence-corrected chi connectivity index (χ4v) is 3.56. The van der Waals surface area contributed by atoms with Crippen molar-refractivity contribution < 1.29 is 0 Å². The van der Waals surface area contributed by atoms with Crippen LogP contribution in [-0.4, -0.2) is 20.2 Å². The van der Waals surface area contributed by atoms with Gasteiger partial charge in [-0.25, -0.2) is 9.97 Å².